The molecule has 0 amide bonds. The van der Waals surface area contributed by atoms with Crippen molar-refractivity contribution < 1.29 is 58.5 Å². The minimum atomic E-state index is -6.53. The molecule has 0 saturated heterocycles. The van der Waals surface area contributed by atoms with Crippen LogP contribution in [0, 0.1) is 0 Å². The molecular formula is C24H27F5NO7S+. The highest BCUT2D eigenvalue weighted by Crippen LogP contribution is 2.38. The van der Waals surface area contributed by atoms with E-state index in [-0.39, 0.29) is 5.75 Å². The smallest absolute Gasteiger partial charge is 0.432 e. The van der Waals surface area contributed by atoms with Gasteiger partial charge in [-0.2, -0.15) is 30.4 Å². The Kier molecular flexibility index (Phi) is 11.1. The van der Waals surface area contributed by atoms with E-state index in [1.54, 1.807) is 0 Å². The lowest BCUT2D eigenvalue weighted by Gasteiger charge is -2.26. The van der Waals surface area contributed by atoms with Gasteiger partial charge in [-0.05, 0) is 31.2 Å². The summed E-state index contributed by atoms with van der Waals surface area (Å²) in [6.07, 6.45) is -8.04. The van der Waals surface area contributed by atoms with Gasteiger partial charge in [0.2, 0.25) is 0 Å². The Morgan fingerprint density at radius 2 is 1.50 bits per heavy atom. The van der Waals surface area contributed by atoms with Gasteiger partial charge in [-0.25, -0.2) is 9.59 Å². The van der Waals surface area contributed by atoms with E-state index < -0.39 is 45.2 Å². The summed E-state index contributed by atoms with van der Waals surface area (Å²) >= 11 is 0. The number of carbonyl (C=O) groups excluding carboxylic acids is 2. The minimum absolute atomic E-state index is 0.120. The minimum Gasteiger partial charge on any atom is -0.441 e. The fraction of sp³-hybridized carbons (Fsp3) is 0.333. The summed E-state index contributed by atoms with van der Waals surface area (Å²) in [5.74, 6) is -2.87. The monoisotopic (exact) mass is 568 g/mol. The van der Waals surface area contributed by atoms with E-state index in [9.17, 15) is 40.0 Å². The van der Waals surface area contributed by atoms with Crippen molar-refractivity contribution in [2.45, 2.75) is 31.0 Å². The molecule has 14 heteroatoms. The Morgan fingerprint density at radius 1 is 0.974 bits per heavy atom. The number of allylic oxidation sites excluding steroid dienone is 1. The first-order chi connectivity index (χ1) is 17.3. The Balaban J connectivity index is 0.000000544. The number of rotatable bonds is 8. The van der Waals surface area contributed by atoms with Crippen LogP contribution in [0.4, 0.5) is 22.0 Å². The molecule has 38 heavy (non-hydrogen) atoms. The van der Waals surface area contributed by atoms with Gasteiger partial charge in [0.1, 0.15) is 12.3 Å². The first kappa shape index (κ1) is 32.7. The Bertz CT molecular complexity index is 1210. The Morgan fingerprint density at radius 3 is 1.92 bits per heavy atom. The number of esters is 2. The number of quaternary nitrogens is 1. The van der Waals surface area contributed by atoms with Gasteiger partial charge in [0, 0.05) is 11.6 Å². The first-order valence-electron chi connectivity index (χ1n) is 10.7. The van der Waals surface area contributed by atoms with Crippen molar-refractivity contribution in [3.8, 4) is 5.75 Å². The third kappa shape index (κ3) is 10.6. The van der Waals surface area contributed by atoms with Crippen LogP contribution in [0.2, 0.25) is 0 Å². The second-order valence-corrected chi connectivity index (χ2v) is 10.2. The van der Waals surface area contributed by atoms with Crippen molar-refractivity contribution in [1.82, 2.24) is 0 Å². The average Bonchev–Trinajstić information content (AvgIpc) is 2.76. The zero-order valence-corrected chi connectivity index (χ0v) is 21.6. The third-order valence-corrected chi connectivity index (χ3v) is 5.18. The molecule has 0 aliphatic rings. The lowest BCUT2D eigenvalue weighted by Crippen LogP contribution is -2.52. The summed E-state index contributed by atoms with van der Waals surface area (Å²) in [5, 5.41) is -5.83. The van der Waals surface area contributed by atoms with E-state index in [1.807, 2.05) is 0 Å². The highest BCUT2D eigenvalue weighted by molar-refractivity contribution is 7.86. The number of alkyl halides is 5. The largest absolute Gasteiger partial charge is 0.441 e. The maximum absolute atomic E-state index is 13.3. The van der Waals surface area contributed by atoms with Gasteiger partial charge in [-0.15, -0.1) is 0 Å². The van der Waals surface area contributed by atoms with Crippen molar-refractivity contribution in [3.05, 3.63) is 77.9 Å². The summed E-state index contributed by atoms with van der Waals surface area (Å²) in [6, 6.07) is 14.1. The number of halogens is 5. The number of hydrogen-bond acceptors (Lipinski definition) is 6. The molecule has 1 unspecified atom stereocenters. The predicted molar refractivity (Wildman–Crippen MR) is 127 cm³/mol. The summed E-state index contributed by atoms with van der Waals surface area (Å²) < 4.78 is 103. The molecule has 1 atom stereocenters. The van der Waals surface area contributed by atoms with E-state index in [4.69, 9.17) is 9.29 Å². The normalized spacial score (nSPS) is 13.3. The van der Waals surface area contributed by atoms with Crippen molar-refractivity contribution in [2.24, 2.45) is 0 Å². The second kappa shape index (κ2) is 12.9. The Labute approximate surface area is 216 Å². The maximum atomic E-state index is 13.3. The van der Waals surface area contributed by atoms with Crippen LogP contribution < -0.4 is 4.74 Å². The molecule has 8 nitrogen and oxygen atoms in total. The molecule has 0 bridgehead atoms. The molecule has 1 N–H and O–H groups in total. The van der Waals surface area contributed by atoms with E-state index in [1.165, 1.54) is 18.6 Å². The lowest BCUT2D eigenvalue weighted by atomic mass is 10.2. The molecule has 0 aromatic heterocycles. The molecule has 0 aliphatic heterocycles. The number of hydrogen-bond donors (Lipinski definition) is 1. The van der Waals surface area contributed by atoms with Crippen LogP contribution >= 0.6 is 0 Å². The SMILES string of the molecule is CC=CC(=O)Oc1ccc(C(=O)OC(C(F)(F)F)C(F)(F)S(=O)(=O)O)cc1.C[N+](C)(C)Cc1ccccc1. The van der Waals surface area contributed by atoms with E-state index in [0.717, 1.165) is 41.4 Å². The molecule has 0 spiro atoms. The summed E-state index contributed by atoms with van der Waals surface area (Å²) in [7, 11) is 0.0715. The van der Waals surface area contributed by atoms with Crippen LogP contribution in [0.15, 0.2) is 66.7 Å². The van der Waals surface area contributed by atoms with Crippen LogP contribution in [-0.2, 0) is 26.2 Å². The predicted octanol–water partition coefficient (Wildman–Crippen LogP) is 4.63. The van der Waals surface area contributed by atoms with Crippen molar-refractivity contribution >= 4 is 22.1 Å². The standard InChI is InChI=1S/C14H11F5O7S.C10H16N/c1-2-3-10(20)25-9-6-4-8(5-7-9)11(21)26-12(13(15,16)17)14(18,19)27(22,23)24;1-11(2,3)9-10-7-5-4-6-8-10/h2-7,12H,1H3,(H,22,23,24);4-8H,9H2,1-3H3/q;+1. The van der Waals surface area contributed by atoms with E-state index in [2.05, 4.69) is 56.2 Å². The van der Waals surface area contributed by atoms with Crippen molar-refractivity contribution in [1.29, 1.82) is 0 Å². The van der Waals surface area contributed by atoms with Crippen LogP contribution in [0.5, 0.6) is 5.75 Å². The third-order valence-electron chi connectivity index (χ3n) is 4.28. The molecule has 0 aliphatic carbocycles. The zero-order valence-electron chi connectivity index (χ0n) is 20.8. The van der Waals surface area contributed by atoms with E-state index >= 15 is 0 Å². The highest BCUT2D eigenvalue weighted by Gasteiger charge is 2.66. The molecule has 210 valence electrons. The maximum Gasteiger partial charge on any atom is 0.432 e. The summed E-state index contributed by atoms with van der Waals surface area (Å²) in [5.41, 5.74) is 0.723. The van der Waals surface area contributed by atoms with Crippen LogP contribution in [0.1, 0.15) is 22.8 Å². The van der Waals surface area contributed by atoms with Crippen LogP contribution in [0.3, 0.4) is 0 Å². The van der Waals surface area contributed by atoms with Crippen LogP contribution in [0.25, 0.3) is 0 Å². The molecule has 0 radical (unpaired) electrons. The van der Waals surface area contributed by atoms with Crippen molar-refractivity contribution in [2.75, 3.05) is 21.1 Å². The quantitative estimate of drug-likeness (QED) is 0.124. The number of nitrogens with zero attached hydrogens (tertiary/aromatic N) is 1. The van der Waals surface area contributed by atoms with E-state index in [0.29, 0.717) is 0 Å². The van der Waals surface area contributed by atoms with Gasteiger partial charge in [0.05, 0.1) is 26.7 Å². The fourth-order valence-electron chi connectivity index (χ4n) is 2.71. The fourth-order valence-corrected chi connectivity index (χ4v) is 3.17. The molecule has 2 aromatic carbocycles. The van der Waals surface area contributed by atoms with Crippen LogP contribution in [-0.4, -0.2) is 68.1 Å². The Hall–Kier alpha value is -3.36. The van der Waals surface area contributed by atoms with Gasteiger partial charge in [-0.3, -0.25) is 4.55 Å². The highest BCUT2D eigenvalue weighted by atomic mass is 32.2. The topological polar surface area (TPSA) is 107 Å². The molecule has 2 aromatic rings. The molecule has 2 rings (SSSR count). The summed E-state index contributed by atoms with van der Waals surface area (Å²) in [6.45, 7) is 2.63. The molecule has 0 fully saturated rings. The van der Waals surface area contributed by atoms with Gasteiger partial charge < -0.3 is 14.0 Å². The average molecular weight is 569 g/mol. The second-order valence-electron chi connectivity index (χ2n) is 8.74. The number of ether oxygens (including phenoxy) is 2. The molecule has 0 saturated carbocycles. The van der Waals surface area contributed by atoms with Gasteiger partial charge in [0.25, 0.3) is 6.10 Å². The lowest BCUT2D eigenvalue weighted by molar-refractivity contribution is -0.884. The molecule has 0 heterocycles. The first-order valence-corrected chi connectivity index (χ1v) is 12.1. The summed E-state index contributed by atoms with van der Waals surface area (Å²) in [4.78, 5) is 22.9. The molecular weight excluding hydrogens is 541 g/mol. The number of benzene rings is 2. The van der Waals surface area contributed by atoms with Gasteiger partial charge >= 0.3 is 33.5 Å². The number of carbonyl (C=O) groups is 2. The van der Waals surface area contributed by atoms with Gasteiger partial charge in [0.15, 0.2) is 0 Å². The zero-order chi connectivity index (χ0) is 29.4. The van der Waals surface area contributed by atoms with Gasteiger partial charge in [-0.1, -0.05) is 36.4 Å². The van der Waals surface area contributed by atoms with Crippen molar-refractivity contribution in [3.63, 3.8) is 0 Å².